The lowest BCUT2D eigenvalue weighted by atomic mass is 9.63. The average molecular weight is 492 g/mol. The third-order valence-corrected chi connectivity index (χ3v) is 9.38. The first-order valence-corrected chi connectivity index (χ1v) is 15.6. The van der Waals surface area contributed by atoms with Crippen molar-refractivity contribution in [2.24, 2.45) is 22.7 Å². The number of allylic oxidation sites excluding steroid dienone is 1. The maximum absolute atomic E-state index is 5.47. The van der Waals surface area contributed by atoms with E-state index in [9.17, 15) is 0 Å². The van der Waals surface area contributed by atoms with Crippen LogP contribution >= 0.6 is 0 Å². The summed E-state index contributed by atoms with van der Waals surface area (Å²) in [6.07, 6.45) is 19.8. The summed E-state index contributed by atoms with van der Waals surface area (Å²) in [5, 5.41) is 0. The molecule has 3 unspecified atom stereocenters. The molecule has 1 aromatic carbocycles. The molecular formula is C35H57N. The summed E-state index contributed by atoms with van der Waals surface area (Å²) < 4.78 is 0. The zero-order valence-electron chi connectivity index (χ0n) is 25.2. The molecule has 3 aliphatic rings. The number of aliphatic imine (C=N–C) groups is 1. The van der Waals surface area contributed by atoms with Crippen LogP contribution in [0.5, 0.6) is 0 Å². The van der Waals surface area contributed by atoms with Gasteiger partial charge >= 0.3 is 0 Å². The summed E-state index contributed by atoms with van der Waals surface area (Å²) in [6, 6.07) is 7.30. The summed E-state index contributed by atoms with van der Waals surface area (Å²) in [5.74, 6) is 2.32. The van der Waals surface area contributed by atoms with Crippen molar-refractivity contribution in [3.8, 4) is 0 Å². The van der Waals surface area contributed by atoms with E-state index >= 15 is 0 Å². The monoisotopic (exact) mass is 491 g/mol. The molecule has 1 heterocycles. The molecular weight excluding hydrogens is 434 g/mol. The van der Waals surface area contributed by atoms with Gasteiger partial charge in [0.15, 0.2) is 0 Å². The van der Waals surface area contributed by atoms with Crippen LogP contribution in [0.2, 0.25) is 0 Å². The van der Waals surface area contributed by atoms with E-state index < -0.39 is 0 Å². The summed E-state index contributed by atoms with van der Waals surface area (Å²) in [7, 11) is 0. The van der Waals surface area contributed by atoms with Crippen LogP contribution in [0.3, 0.4) is 0 Å². The molecule has 0 saturated heterocycles. The lowest BCUT2D eigenvalue weighted by Crippen LogP contribution is -2.33. The van der Waals surface area contributed by atoms with Gasteiger partial charge in [-0.1, -0.05) is 112 Å². The van der Waals surface area contributed by atoms with Gasteiger partial charge in [-0.15, -0.1) is 0 Å². The SMILES string of the molecule is CCC.CCCCC1CCCC(C2=NC(c3ccc4c(c3)C(C)(C)CCC4(C)C)=CCC2CC)CC1. The van der Waals surface area contributed by atoms with Gasteiger partial charge in [0.25, 0.3) is 0 Å². The second-order valence-electron chi connectivity index (χ2n) is 13.4. The highest BCUT2D eigenvalue weighted by molar-refractivity contribution is 5.95. The quantitative estimate of drug-likeness (QED) is 0.351. The van der Waals surface area contributed by atoms with Crippen LogP contribution in [-0.2, 0) is 10.8 Å². The van der Waals surface area contributed by atoms with Crippen molar-refractivity contribution in [3.63, 3.8) is 0 Å². The smallest absolute Gasteiger partial charge is 0.0662 e. The van der Waals surface area contributed by atoms with Crippen molar-refractivity contribution in [1.82, 2.24) is 0 Å². The molecule has 202 valence electrons. The van der Waals surface area contributed by atoms with Crippen molar-refractivity contribution in [2.45, 2.75) is 150 Å². The van der Waals surface area contributed by atoms with E-state index in [0.717, 1.165) is 5.92 Å². The Kier molecular flexibility index (Phi) is 10.5. The topological polar surface area (TPSA) is 12.4 Å². The molecule has 0 amide bonds. The van der Waals surface area contributed by atoms with Gasteiger partial charge in [-0.2, -0.15) is 0 Å². The van der Waals surface area contributed by atoms with Crippen LogP contribution < -0.4 is 0 Å². The third-order valence-electron chi connectivity index (χ3n) is 9.38. The van der Waals surface area contributed by atoms with E-state index in [-0.39, 0.29) is 10.8 Å². The van der Waals surface area contributed by atoms with Gasteiger partial charge in [0, 0.05) is 17.2 Å². The number of rotatable bonds is 6. The Morgan fingerprint density at radius 2 is 1.56 bits per heavy atom. The molecule has 3 atom stereocenters. The number of fused-ring (bicyclic) bond motifs is 1. The second kappa shape index (κ2) is 12.9. The molecule has 0 radical (unpaired) electrons. The first-order chi connectivity index (χ1) is 17.2. The fourth-order valence-electron chi connectivity index (χ4n) is 6.84. The van der Waals surface area contributed by atoms with E-state index in [1.165, 1.54) is 94.7 Å². The predicted octanol–water partition coefficient (Wildman–Crippen LogP) is 11.1. The third kappa shape index (κ3) is 6.93. The van der Waals surface area contributed by atoms with Crippen LogP contribution in [0.1, 0.15) is 156 Å². The van der Waals surface area contributed by atoms with Gasteiger partial charge < -0.3 is 0 Å². The summed E-state index contributed by atoms with van der Waals surface area (Å²) in [5.41, 5.74) is 7.79. The Hall–Kier alpha value is -1.37. The fourth-order valence-corrected chi connectivity index (χ4v) is 6.84. The Morgan fingerprint density at radius 1 is 0.861 bits per heavy atom. The molecule has 4 rings (SSSR count). The van der Waals surface area contributed by atoms with Crippen molar-refractivity contribution in [1.29, 1.82) is 0 Å². The molecule has 0 N–H and O–H groups in total. The minimum Gasteiger partial charge on any atom is -0.257 e. The van der Waals surface area contributed by atoms with Crippen LogP contribution in [0, 0.1) is 17.8 Å². The molecule has 1 saturated carbocycles. The average Bonchev–Trinajstić information content (AvgIpc) is 3.11. The Morgan fingerprint density at radius 3 is 2.22 bits per heavy atom. The largest absolute Gasteiger partial charge is 0.257 e. The first kappa shape index (κ1) is 29.2. The van der Waals surface area contributed by atoms with Gasteiger partial charge in [0.1, 0.15) is 0 Å². The van der Waals surface area contributed by atoms with Gasteiger partial charge in [-0.3, -0.25) is 4.99 Å². The van der Waals surface area contributed by atoms with E-state index in [2.05, 4.69) is 79.7 Å². The zero-order chi connectivity index (χ0) is 26.3. The maximum atomic E-state index is 5.47. The van der Waals surface area contributed by atoms with Crippen LogP contribution in [0.4, 0.5) is 0 Å². The Labute approximate surface area is 224 Å². The molecule has 36 heavy (non-hydrogen) atoms. The van der Waals surface area contributed by atoms with E-state index in [1.807, 2.05) is 0 Å². The van der Waals surface area contributed by atoms with E-state index in [1.54, 1.807) is 16.8 Å². The summed E-state index contributed by atoms with van der Waals surface area (Å²) in [6.45, 7) is 18.7. The first-order valence-electron chi connectivity index (χ1n) is 15.6. The Bertz CT molecular complexity index is 899. The fraction of sp³-hybridized carbons (Fsp3) is 0.743. The number of nitrogens with zero attached hydrogens (tertiary/aromatic N) is 1. The van der Waals surface area contributed by atoms with Crippen LogP contribution in [-0.4, -0.2) is 5.71 Å². The minimum absolute atomic E-state index is 0.253. The molecule has 1 aromatic rings. The van der Waals surface area contributed by atoms with Gasteiger partial charge in [0.05, 0.1) is 5.70 Å². The molecule has 0 aromatic heterocycles. The number of hydrogen-bond acceptors (Lipinski definition) is 1. The maximum Gasteiger partial charge on any atom is 0.0662 e. The standard InChI is InChI=1S/C32H49N.C3H8/c1-7-9-11-23-12-10-13-25(15-14-23)30-24(8-2)17-19-29(33-30)26-16-18-27-28(22-26)32(5,6)21-20-31(27,3)4;1-3-2/h16,18-19,22-25H,7-15,17,20-21H2,1-6H3;3H2,1-2H3. The molecule has 0 spiro atoms. The normalized spacial score (nSPS) is 27.1. The number of benzene rings is 1. The minimum atomic E-state index is 0.253. The van der Waals surface area contributed by atoms with E-state index in [4.69, 9.17) is 4.99 Å². The zero-order valence-corrected chi connectivity index (χ0v) is 25.2. The van der Waals surface area contributed by atoms with Crippen LogP contribution in [0.25, 0.3) is 5.70 Å². The lowest BCUT2D eigenvalue weighted by Gasteiger charge is -2.42. The van der Waals surface area contributed by atoms with Gasteiger partial charge in [-0.05, 0) is 84.8 Å². The molecule has 1 fully saturated rings. The highest BCUT2D eigenvalue weighted by Gasteiger charge is 2.37. The van der Waals surface area contributed by atoms with Crippen LogP contribution in [0.15, 0.2) is 29.3 Å². The number of hydrogen-bond donors (Lipinski definition) is 0. The van der Waals surface area contributed by atoms with Crippen molar-refractivity contribution < 1.29 is 0 Å². The number of unbranched alkanes of at least 4 members (excludes halogenated alkanes) is 1. The molecule has 1 heteroatoms. The van der Waals surface area contributed by atoms with E-state index in [0.29, 0.717) is 11.8 Å². The van der Waals surface area contributed by atoms with Gasteiger partial charge in [0.2, 0.25) is 0 Å². The van der Waals surface area contributed by atoms with Crippen molar-refractivity contribution in [2.75, 3.05) is 0 Å². The molecule has 2 aliphatic carbocycles. The highest BCUT2D eigenvalue weighted by atomic mass is 14.8. The van der Waals surface area contributed by atoms with Crippen molar-refractivity contribution >= 4 is 11.4 Å². The molecule has 1 nitrogen and oxygen atoms in total. The molecule has 1 aliphatic heterocycles. The lowest BCUT2D eigenvalue weighted by molar-refractivity contribution is 0.332. The summed E-state index contributed by atoms with van der Waals surface area (Å²) >= 11 is 0. The second-order valence-corrected chi connectivity index (χ2v) is 13.4. The Balaban J connectivity index is 0.00000115. The summed E-state index contributed by atoms with van der Waals surface area (Å²) in [4.78, 5) is 5.47. The molecule has 0 bridgehead atoms. The highest BCUT2D eigenvalue weighted by Crippen LogP contribution is 2.47. The predicted molar refractivity (Wildman–Crippen MR) is 161 cm³/mol. The van der Waals surface area contributed by atoms with Gasteiger partial charge in [-0.25, -0.2) is 0 Å². The van der Waals surface area contributed by atoms with Crippen molar-refractivity contribution in [3.05, 3.63) is 41.0 Å².